The van der Waals surface area contributed by atoms with Crippen LogP contribution in [0.5, 0.6) is 0 Å². The molecule has 21 heavy (non-hydrogen) atoms. The predicted molar refractivity (Wildman–Crippen MR) is 78.0 cm³/mol. The standard InChI is InChI=1S/C14H14BrNO5/c1-3-19-11(17)6-9-10-5-8(15)7-16-13(10)21-12(9)14(18)20-4-2/h5,7H,3-4,6H2,1-2H3. The lowest BCUT2D eigenvalue weighted by Gasteiger charge is -2.03. The fraction of sp³-hybridized carbons (Fsp3) is 0.357. The van der Waals surface area contributed by atoms with Crippen molar-refractivity contribution in [2.45, 2.75) is 20.3 Å². The van der Waals surface area contributed by atoms with Gasteiger partial charge in [0.25, 0.3) is 0 Å². The third-order valence-electron chi connectivity index (χ3n) is 2.70. The number of carbonyl (C=O) groups is 2. The Morgan fingerprint density at radius 3 is 2.67 bits per heavy atom. The SMILES string of the molecule is CCOC(=O)Cc1c(C(=O)OCC)oc2ncc(Br)cc12. The Labute approximate surface area is 129 Å². The summed E-state index contributed by atoms with van der Waals surface area (Å²) in [6.45, 7) is 3.90. The first-order chi connectivity index (χ1) is 10.1. The molecule has 0 aliphatic heterocycles. The highest BCUT2D eigenvalue weighted by molar-refractivity contribution is 9.10. The number of aromatic nitrogens is 1. The number of fused-ring (bicyclic) bond motifs is 1. The summed E-state index contributed by atoms with van der Waals surface area (Å²) in [6.07, 6.45) is 1.47. The molecule has 0 saturated heterocycles. The minimum atomic E-state index is -0.620. The van der Waals surface area contributed by atoms with Crippen LogP contribution in [-0.4, -0.2) is 30.1 Å². The van der Waals surface area contributed by atoms with Gasteiger partial charge in [-0.3, -0.25) is 4.79 Å². The van der Waals surface area contributed by atoms with Gasteiger partial charge in [0.05, 0.1) is 19.6 Å². The molecule has 7 heteroatoms. The number of hydrogen-bond acceptors (Lipinski definition) is 6. The van der Waals surface area contributed by atoms with Crippen molar-refractivity contribution in [1.29, 1.82) is 0 Å². The lowest BCUT2D eigenvalue weighted by atomic mass is 10.1. The summed E-state index contributed by atoms with van der Waals surface area (Å²) in [7, 11) is 0. The van der Waals surface area contributed by atoms with Gasteiger partial charge in [-0.2, -0.15) is 0 Å². The van der Waals surface area contributed by atoms with Crippen LogP contribution in [0.3, 0.4) is 0 Å². The molecule has 112 valence electrons. The normalized spacial score (nSPS) is 10.6. The zero-order valence-electron chi connectivity index (χ0n) is 11.6. The third kappa shape index (κ3) is 3.41. The molecule has 0 amide bonds. The summed E-state index contributed by atoms with van der Waals surface area (Å²) < 4.78 is 16.0. The largest absolute Gasteiger partial charge is 0.466 e. The van der Waals surface area contributed by atoms with Crippen LogP contribution in [0.4, 0.5) is 0 Å². The molecular formula is C14H14BrNO5. The number of pyridine rings is 1. The topological polar surface area (TPSA) is 78.6 Å². The molecule has 2 aromatic heterocycles. The second-order valence-corrected chi connectivity index (χ2v) is 5.03. The fourth-order valence-corrected chi connectivity index (χ4v) is 2.23. The number of furan rings is 1. The first-order valence-electron chi connectivity index (χ1n) is 6.46. The molecule has 0 unspecified atom stereocenters. The lowest BCUT2D eigenvalue weighted by molar-refractivity contribution is -0.142. The van der Waals surface area contributed by atoms with E-state index in [2.05, 4.69) is 20.9 Å². The van der Waals surface area contributed by atoms with Gasteiger partial charge in [-0.25, -0.2) is 9.78 Å². The van der Waals surface area contributed by atoms with Gasteiger partial charge >= 0.3 is 11.9 Å². The molecule has 0 bridgehead atoms. The van der Waals surface area contributed by atoms with Crippen LogP contribution >= 0.6 is 15.9 Å². The molecule has 0 saturated carbocycles. The van der Waals surface area contributed by atoms with E-state index in [1.54, 1.807) is 26.1 Å². The molecule has 2 rings (SSSR count). The summed E-state index contributed by atoms with van der Waals surface area (Å²) in [4.78, 5) is 27.8. The monoisotopic (exact) mass is 355 g/mol. The van der Waals surface area contributed by atoms with Crippen molar-refractivity contribution in [2.75, 3.05) is 13.2 Å². The molecule has 2 aromatic rings. The zero-order chi connectivity index (χ0) is 15.4. The quantitative estimate of drug-likeness (QED) is 0.767. The van der Waals surface area contributed by atoms with Crippen LogP contribution < -0.4 is 0 Å². The Morgan fingerprint density at radius 1 is 1.29 bits per heavy atom. The molecule has 2 heterocycles. The first-order valence-corrected chi connectivity index (χ1v) is 7.25. The van der Waals surface area contributed by atoms with Crippen molar-refractivity contribution in [1.82, 2.24) is 4.98 Å². The highest BCUT2D eigenvalue weighted by atomic mass is 79.9. The molecule has 0 radical (unpaired) electrons. The van der Waals surface area contributed by atoms with Crippen molar-refractivity contribution < 1.29 is 23.5 Å². The summed E-state index contributed by atoms with van der Waals surface area (Å²) in [5.74, 6) is -1.07. The van der Waals surface area contributed by atoms with Gasteiger partial charge in [0.2, 0.25) is 11.5 Å². The van der Waals surface area contributed by atoms with Gasteiger partial charge in [0.1, 0.15) is 0 Å². The molecular weight excluding hydrogens is 342 g/mol. The third-order valence-corrected chi connectivity index (χ3v) is 3.14. The van der Waals surface area contributed by atoms with Crippen molar-refractivity contribution >= 4 is 39.0 Å². The summed E-state index contributed by atoms with van der Waals surface area (Å²) in [5.41, 5.74) is 0.705. The second kappa shape index (κ2) is 6.71. The van der Waals surface area contributed by atoms with Crippen molar-refractivity contribution in [3.63, 3.8) is 0 Å². The summed E-state index contributed by atoms with van der Waals surface area (Å²) >= 11 is 3.30. The van der Waals surface area contributed by atoms with E-state index >= 15 is 0 Å². The van der Waals surface area contributed by atoms with Crippen LogP contribution in [0.2, 0.25) is 0 Å². The number of carbonyl (C=O) groups excluding carboxylic acids is 2. The number of halogens is 1. The van der Waals surface area contributed by atoms with Crippen LogP contribution in [0.25, 0.3) is 11.1 Å². The van der Waals surface area contributed by atoms with Crippen molar-refractivity contribution in [3.8, 4) is 0 Å². The number of esters is 2. The van der Waals surface area contributed by atoms with E-state index in [-0.39, 0.29) is 31.1 Å². The molecule has 0 aromatic carbocycles. The maximum atomic E-state index is 12.0. The van der Waals surface area contributed by atoms with Gasteiger partial charge < -0.3 is 13.9 Å². The minimum Gasteiger partial charge on any atom is -0.466 e. The van der Waals surface area contributed by atoms with Crippen molar-refractivity contribution in [2.24, 2.45) is 0 Å². The minimum absolute atomic E-state index is 0.00879. The Morgan fingerprint density at radius 2 is 2.00 bits per heavy atom. The second-order valence-electron chi connectivity index (χ2n) is 4.12. The van der Waals surface area contributed by atoms with E-state index in [0.29, 0.717) is 10.9 Å². The van der Waals surface area contributed by atoms with Gasteiger partial charge in [-0.05, 0) is 35.8 Å². The highest BCUT2D eigenvalue weighted by Gasteiger charge is 2.24. The van der Waals surface area contributed by atoms with E-state index < -0.39 is 11.9 Å². The Hall–Kier alpha value is -1.89. The molecule has 0 N–H and O–H groups in total. The predicted octanol–water partition coefficient (Wildman–Crippen LogP) is 2.87. The van der Waals surface area contributed by atoms with E-state index in [1.807, 2.05) is 0 Å². The number of nitrogens with zero attached hydrogens (tertiary/aromatic N) is 1. The maximum Gasteiger partial charge on any atom is 0.374 e. The molecule has 6 nitrogen and oxygen atoms in total. The average Bonchev–Trinajstić information content (AvgIpc) is 2.78. The van der Waals surface area contributed by atoms with E-state index in [0.717, 1.165) is 4.47 Å². The molecule has 0 aliphatic rings. The van der Waals surface area contributed by atoms with E-state index in [1.165, 1.54) is 0 Å². The van der Waals surface area contributed by atoms with Gasteiger partial charge in [0, 0.05) is 21.6 Å². The molecule has 0 atom stereocenters. The van der Waals surface area contributed by atoms with Crippen LogP contribution in [0.1, 0.15) is 30.0 Å². The number of ether oxygens (including phenoxy) is 2. The van der Waals surface area contributed by atoms with Gasteiger partial charge in [0.15, 0.2) is 0 Å². The smallest absolute Gasteiger partial charge is 0.374 e. The Balaban J connectivity index is 2.50. The molecule has 0 fully saturated rings. The van der Waals surface area contributed by atoms with Crippen LogP contribution in [0.15, 0.2) is 21.2 Å². The summed E-state index contributed by atoms with van der Waals surface area (Å²) in [5, 5.41) is 0.584. The van der Waals surface area contributed by atoms with Gasteiger partial charge in [-0.15, -0.1) is 0 Å². The molecule has 0 spiro atoms. The average molecular weight is 356 g/mol. The Bertz CT molecular complexity index is 679. The van der Waals surface area contributed by atoms with Crippen molar-refractivity contribution in [3.05, 3.63) is 28.1 Å². The molecule has 0 aliphatic carbocycles. The number of hydrogen-bond donors (Lipinski definition) is 0. The first kappa shape index (κ1) is 15.5. The summed E-state index contributed by atoms with van der Waals surface area (Å²) in [6, 6.07) is 1.74. The van der Waals surface area contributed by atoms with Crippen LogP contribution in [0, 0.1) is 0 Å². The Kier molecular flexibility index (Phi) is 4.95. The van der Waals surface area contributed by atoms with Gasteiger partial charge in [-0.1, -0.05) is 0 Å². The number of rotatable bonds is 5. The lowest BCUT2D eigenvalue weighted by Crippen LogP contribution is -2.12. The zero-order valence-corrected chi connectivity index (χ0v) is 13.2. The van der Waals surface area contributed by atoms with E-state index in [4.69, 9.17) is 13.9 Å². The highest BCUT2D eigenvalue weighted by Crippen LogP contribution is 2.28. The maximum absolute atomic E-state index is 12.0. The van der Waals surface area contributed by atoms with E-state index in [9.17, 15) is 9.59 Å². The van der Waals surface area contributed by atoms with Crippen LogP contribution in [-0.2, 0) is 20.7 Å². The fourth-order valence-electron chi connectivity index (χ4n) is 1.90.